The normalized spacial score (nSPS) is 12.3. The lowest BCUT2D eigenvalue weighted by molar-refractivity contribution is 0.176. The van der Waals surface area contributed by atoms with E-state index in [0.717, 1.165) is 69.6 Å². The number of ether oxygens (including phenoxy) is 1. The van der Waals surface area contributed by atoms with Gasteiger partial charge in [0, 0.05) is 34.6 Å². The molecule has 1 atom stereocenters. The smallest absolute Gasteiger partial charge is 0.162 e. The minimum atomic E-state index is 0.251. The maximum atomic E-state index is 6.21. The van der Waals surface area contributed by atoms with Gasteiger partial charge in [-0.15, -0.1) is 0 Å². The molecule has 0 bridgehead atoms. The Morgan fingerprint density at radius 3 is 2.60 bits per heavy atom. The highest BCUT2D eigenvalue weighted by Gasteiger charge is 2.14. The van der Waals surface area contributed by atoms with Crippen molar-refractivity contribution in [1.29, 1.82) is 0 Å². The van der Waals surface area contributed by atoms with Gasteiger partial charge in [-0.25, -0.2) is 9.50 Å². The molecule has 6 nitrogen and oxygen atoms in total. The first kappa shape index (κ1) is 23.0. The molecule has 1 aromatic carbocycles. The van der Waals surface area contributed by atoms with Crippen molar-refractivity contribution in [1.82, 2.24) is 24.6 Å². The minimum absolute atomic E-state index is 0.251. The molecule has 0 amide bonds. The number of fused-ring (bicyclic) bond motifs is 2. The number of hydrogen-bond donors (Lipinski definition) is 0. The zero-order valence-electron chi connectivity index (χ0n) is 20.6. The van der Waals surface area contributed by atoms with Crippen LogP contribution in [0.25, 0.3) is 38.9 Å². The fourth-order valence-corrected chi connectivity index (χ4v) is 4.52. The van der Waals surface area contributed by atoms with Gasteiger partial charge in [-0.05, 0) is 49.6 Å². The standard InChI is InChI=1S/C29H31N5O/c1-4-6-9-22(8-5-2)35-23-13-15-27(30-17-23)21-16-31-29-26(18-32-34(29)19-21)24-10-7-11-28-25(24)14-12-20(3)33-28/h7,10-19,22H,4-6,8-9H2,1-3H3. The van der Waals surface area contributed by atoms with Gasteiger partial charge >= 0.3 is 0 Å². The minimum Gasteiger partial charge on any atom is -0.489 e. The summed E-state index contributed by atoms with van der Waals surface area (Å²) >= 11 is 0. The molecule has 4 heterocycles. The predicted molar refractivity (Wildman–Crippen MR) is 141 cm³/mol. The van der Waals surface area contributed by atoms with Gasteiger partial charge in [-0.3, -0.25) is 9.97 Å². The molecule has 0 aliphatic carbocycles. The van der Waals surface area contributed by atoms with Crippen LogP contribution in [0.5, 0.6) is 5.75 Å². The molecular formula is C29H31N5O. The summed E-state index contributed by atoms with van der Waals surface area (Å²) < 4.78 is 8.03. The molecule has 178 valence electrons. The molecule has 35 heavy (non-hydrogen) atoms. The maximum absolute atomic E-state index is 6.21. The van der Waals surface area contributed by atoms with Gasteiger partial charge in [0.25, 0.3) is 0 Å². The van der Waals surface area contributed by atoms with Crippen LogP contribution >= 0.6 is 0 Å². The third-order valence-corrected chi connectivity index (χ3v) is 6.34. The molecule has 4 aromatic heterocycles. The van der Waals surface area contributed by atoms with Crippen molar-refractivity contribution in [3.8, 4) is 28.1 Å². The summed E-state index contributed by atoms with van der Waals surface area (Å²) in [6, 6.07) is 14.3. The van der Waals surface area contributed by atoms with Crippen molar-refractivity contribution in [2.45, 2.75) is 59.0 Å². The van der Waals surface area contributed by atoms with Gasteiger partial charge in [-0.2, -0.15) is 5.10 Å². The zero-order valence-corrected chi connectivity index (χ0v) is 20.6. The number of nitrogens with zero attached hydrogens (tertiary/aromatic N) is 5. The van der Waals surface area contributed by atoms with E-state index in [1.165, 1.54) is 12.8 Å². The van der Waals surface area contributed by atoms with Crippen LogP contribution in [0, 0.1) is 6.92 Å². The van der Waals surface area contributed by atoms with Gasteiger partial charge in [0.15, 0.2) is 5.65 Å². The number of aryl methyl sites for hydroxylation is 1. The fourth-order valence-electron chi connectivity index (χ4n) is 4.52. The Balaban J connectivity index is 1.41. The summed E-state index contributed by atoms with van der Waals surface area (Å²) in [5.41, 5.74) is 6.59. The largest absolute Gasteiger partial charge is 0.489 e. The van der Waals surface area contributed by atoms with Gasteiger partial charge in [-0.1, -0.05) is 51.3 Å². The second-order valence-corrected chi connectivity index (χ2v) is 9.04. The number of unbranched alkanes of at least 4 members (excludes halogenated alkanes) is 1. The summed E-state index contributed by atoms with van der Waals surface area (Å²) in [5, 5.41) is 5.69. The van der Waals surface area contributed by atoms with Crippen LogP contribution in [0.15, 0.2) is 67.3 Å². The van der Waals surface area contributed by atoms with E-state index in [-0.39, 0.29) is 6.10 Å². The molecule has 5 aromatic rings. The summed E-state index contributed by atoms with van der Waals surface area (Å²) in [6.07, 6.45) is 13.4. The highest BCUT2D eigenvalue weighted by atomic mass is 16.5. The van der Waals surface area contributed by atoms with E-state index in [1.54, 1.807) is 0 Å². The van der Waals surface area contributed by atoms with Crippen LogP contribution in [0.2, 0.25) is 0 Å². The van der Waals surface area contributed by atoms with Gasteiger partial charge in [0.05, 0.1) is 29.7 Å². The maximum Gasteiger partial charge on any atom is 0.162 e. The van der Waals surface area contributed by atoms with E-state index >= 15 is 0 Å². The van der Waals surface area contributed by atoms with Crippen molar-refractivity contribution in [3.05, 3.63) is 72.9 Å². The van der Waals surface area contributed by atoms with E-state index in [2.05, 4.69) is 41.0 Å². The van der Waals surface area contributed by atoms with Crippen LogP contribution in [0.3, 0.4) is 0 Å². The van der Waals surface area contributed by atoms with E-state index in [4.69, 9.17) is 9.72 Å². The molecule has 5 rings (SSSR count). The molecular weight excluding hydrogens is 434 g/mol. The van der Waals surface area contributed by atoms with Crippen LogP contribution in [0.4, 0.5) is 0 Å². The molecule has 1 unspecified atom stereocenters. The molecule has 0 aliphatic rings. The second kappa shape index (κ2) is 10.2. The Hall–Kier alpha value is -3.80. The Morgan fingerprint density at radius 2 is 1.80 bits per heavy atom. The van der Waals surface area contributed by atoms with Crippen molar-refractivity contribution >= 4 is 16.6 Å². The van der Waals surface area contributed by atoms with Crippen molar-refractivity contribution in [2.75, 3.05) is 0 Å². The quantitative estimate of drug-likeness (QED) is 0.233. The monoisotopic (exact) mass is 465 g/mol. The highest BCUT2D eigenvalue weighted by molar-refractivity contribution is 5.98. The van der Waals surface area contributed by atoms with E-state index in [1.807, 2.05) is 66.6 Å². The third kappa shape index (κ3) is 4.87. The molecule has 0 saturated heterocycles. The molecule has 6 heteroatoms. The van der Waals surface area contributed by atoms with Crippen molar-refractivity contribution in [3.63, 3.8) is 0 Å². The average Bonchev–Trinajstić information content (AvgIpc) is 3.30. The van der Waals surface area contributed by atoms with E-state index in [0.29, 0.717) is 0 Å². The van der Waals surface area contributed by atoms with Crippen LogP contribution < -0.4 is 4.74 Å². The van der Waals surface area contributed by atoms with E-state index in [9.17, 15) is 0 Å². The van der Waals surface area contributed by atoms with Crippen LogP contribution in [-0.2, 0) is 0 Å². The van der Waals surface area contributed by atoms with Crippen LogP contribution in [-0.4, -0.2) is 30.7 Å². The Kier molecular flexibility index (Phi) is 6.70. The number of rotatable bonds is 9. The van der Waals surface area contributed by atoms with Crippen molar-refractivity contribution in [2.24, 2.45) is 0 Å². The fraction of sp³-hybridized carbons (Fsp3) is 0.310. The Bertz CT molecular complexity index is 1440. The first-order valence-electron chi connectivity index (χ1n) is 12.5. The van der Waals surface area contributed by atoms with Gasteiger partial charge in [0.2, 0.25) is 0 Å². The zero-order chi connectivity index (χ0) is 24.2. The average molecular weight is 466 g/mol. The first-order valence-corrected chi connectivity index (χ1v) is 12.5. The lowest BCUT2D eigenvalue weighted by atomic mass is 10.0. The lowest BCUT2D eigenvalue weighted by Crippen LogP contribution is -2.16. The molecule has 0 saturated carbocycles. The van der Waals surface area contributed by atoms with Crippen LogP contribution in [0.1, 0.15) is 51.6 Å². The summed E-state index contributed by atoms with van der Waals surface area (Å²) in [7, 11) is 0. The number of aromatic nitrogens is 5. The van der Waals surface area contributed by atoms with Gasteiger partial charge in [0.1, 0.15) is 5.75 Å². The van der Waals surface area contributed by atoms with Gasteiger partial charge < -0.3 is 4.74 Å². The lowest BCUT2D eigenvalue weighted by Gasteiger charge is -2.18. The number of pyridine rings is 2. The first-order chi connectivity index (χ1) is 17.2. The number of hydrogen-bond acceptors (Lipinski definition) is 5. The topological polar surface area (TPSA) is 65.2 Å². The molecule has 0 aliphatic heterocycles. The number of benzene rings is 1. The second-order valence-electron chi connectivity index (χ2n) is 9.04. The third-order valence-electron chi connectivity index (χ3n) is 6.34. The molecule has 0 fully saturated rings. The SMILES string of the molecule is CCCCC(CCC)Oc1ccc(-c2cnc3c(-c4cccc5nc(C)ccc45)cnn3c2)nc1. The Labute approximate surface area is 206 Å². The summed E-state index contributed by atoms with van der Waals surface area (Å²) in [5.74, 6) is 0.818. The van der Waals surface area contributed by atoms with Crippen molar-refractivity contribution < 1.29 is 4.74 Å². The predicted octanol–water partition coefficient (Wildman–Crippen LogP) is 7.05. The molecule has 0 radical (unpaired) electrons. The molecule has 0 spiro atoms. The summed E-state index contributed by atoms with van der Waals surface area (Å²) in [6.45, 7) is 6.42. The highest BCUT2D eigenvalue weighted by Crippen LogP contribution is 2.31. The Morgan fingerprint density at radius 1 is 0.886 bits per heavy atom. The molecule has 0 N–H and O–H groups in total. The summed E-state index contributed by atoms with van der Waals surface area (Å²) in [4.78, 5) is 14.1. The van der Waals surface area contributed by atoms with E-state index < -0.39 is 0 Å².